The molecule has 0 heterocycles. The summed E-state index contributed by atoms with van der Waals surface area (Å²) in [7, 11) is 3.45. The van der Waals surface area contributed by atoms with Gasteiger partial charge in [-0.15, -0.1) is 0 Å². The maximum Gasteiger partial charge on any atom is 0.136 e. The third-order valence-corrected chi connectivity index (χ3v) is 6.42. The third kappa shape index (κ3) is 4.35. The van der Waals surface area contributed by atoms with Crippen LogP contribution in [0.15, 0.2) is 89.9 Å². The Balaban J connectivity index is 2.12. The molecule has 0 aromatic heterocycles. The minimum absolute atomic E-state index is 0.709. The molecule has 0 atom stereocenters. The second-order valence-electron chi connectivity index (χ2n) is 6.15. The second kappa shape index (κ2) is 8.09. The van der Waals surface area contributed by atoms with Gasteiger partial charge in [-0.3, -0.25) is 0 Å². The number of rotatable bonds is 4. The zero-order valence-electron chi connectivity index (χ0n) is 14.9. The highest BCUT2D eigenvalue weighted by Crippen LogP contribution is 2.37. The zero-order chi connectivity index (χ0) is 17.6. The van der Waals surface area contributed by atoms with E-state index in [1.54, 1.807) is 0 Å². The molecule has 3 aromatic rings. The van der Waals surface area contributed by atoms with E-state index in [1.807, 2.05) is 0 Å². The summed E-state index contributed by atoms with van der Waals surface area (Å²) in [4.78, 5) is 7.17. The highest BCUT2D eigenvalue weighted by Gasteiger charge is 2.22. The van der Waals surface area contributed by atoms with E-state index in [4.69, 9.17) is 4.99 Å². The predicted molar refractivity (Wildman–Crippen MR) is 111 cm³/mol. The number of aryl methyl sites for hydroxylation is 1. The van der Waals surface area contributed by atoms with Gasteiger partial charge >= 0.3 is 0 Å². The van der Waals surface area contributed by atoms with Gasteiger partial charge in [-0.2, -0.15) is 0 Å². The summed E-state index contributed by atoms with van der Waals surface area (Å²) < 4.78 is 0. The van der Waals surface area contributed by atoms with Crippen molar-refractivity contribution in [3.8, 4) is 0 Å². The Morgan fingerprint density at radius 3 is 1.64 bits per heavy atom. The van der Waals surface area contributed by atoms with Crippen LogP contribution in [0.2, 0.25) is 0 Å². The van der Waals surface area contributed by atoms with Gasteiger partial charge in [-0.05, 0) is 29.7 Å². The van der Waals surface area contributed by atoms with Crippen molar-refractivity contribution in [2.75, 3.05) is 14.1 Å². The fraction of sp³-hybridized carbons (Fsp3) is 0.136. The van der Waals surface area contributed by atoms with Crippen LogP contribution >= 0.6 is 7.92 Å². The van der Waals surface area contributed by atoms with Crippen molar-refractivity contribution in [1.29, 1.82) is 0 Å². The predicted octanol–water partition coefficient (Wildman–Crippen LogP) is 4.68. The van der Waals surface area contributed by atoms with E-state index in [1.165, 1.54) is 16.2 Å². The standard InChI is InChI=1S/C22H23N2P/c1-18-14-16-19(17-15-18)23-22(24(2)3)25(20-10-6-4-7-11-20)21-12-8-5-9-13-21/h4-17H,1-3H3. The summed E-state index contributed by atoms with van der Waals surface area (Å²) in [6.07, 6.45) is 0. The van der Waals surface area contributed by atoms with Gasteiger partial charge in [0.05, 0.1) is 5.69 Å². The Labute approximate surface area is 151 Å². The fourth-order valence-corrected chi connectivity index (χ4v) is 4.93. The first-order chi connectivity index (χ1) is 12.1. The summed E-state index contributed by atoms with van der Waals surface area (Å²) in [6, 6.07) is 29.7. The van der Waals surface area contributed by atoms with Gasteiger partial charge in [-0.1, -0.05) is 78.4 Å². The molecule has 0 bridgehead atoms. The lowest BCUT2D eigenvalue weighted by atomic mass is 10.2. The molecule has 0 spiro atoms. The first-order valence-corrected chi connectivity index (χ1v) is 9.72. The van der Waals surface area contributed by atoms with Crippen molar-refractivity contribution in [2.24, 2.45) is 4.99 Å². The highest BCUT2D eigenvalue weighted by molar-refractivity contribution is 7.87. The Hall–Kier alpha value is -2.44. The Morgan fingerprint density at radius 2 is 1.20 bits per heavy atom. The van der Waals surface area contributed by atoms with Crippen LogP contribution in [0.4, 0.5) is 5.69 Å². The summed E-state index contributed by atoms with van der Waals surface area (Å²) in [5.74, 6) is 0. The molecule has 0 radical (unpaired) electrons. The van der Waals surface area contributed by atoms with E-state index in [9.17, 15) is 0 Å². The number of nitrogens with zero attached hydrogens (tertiary/aromatic N) is 2. The van der Waals surface area contributed by atoms with Crippen molar-refractivity contribution in [3.05, 3.63) is 90.5 Å². The molecule has 0 fully saturated rings. The van der Waals surface area contributed by atoms with Gasteiger partial charge in [0.15, 0.2) is 0 Å². The van der Waals surface area contributed by atoms with Crippen molar-refractivity contribution >= 4 is 29.8 Å². The van der Waals surface area contributed by atoms with E-state index < -0.39 is 7.92 Å². The largest absolute Gasteiger partial charge is 0.362 e. The topological polar surface area (TPSA) is 15.6 Å². The number of hydrogen-bond donors (Lipinski definition) is 0. The summed E-state index contributed by atoms with van der Waals surface area (Å²) in [6.45, 7) is 2.10. The quantitative estimate of drug-likeness (QED) is 0.381. The van der Waals surface area contributed by atoms with Crippen LogP contribution in [0, 0.1) is 6.92 Å². The smallest absolute Gasteiger partial charge is 0.136 e. The van der Waals surface area contributed by atoms with Gasteiger partial charge in [-0.25, -0.2) is 4.99 Å². The molecule has 25 heavy (non-hydrogen) atoms. The number of amidine groups is 1. The van der Waals surface area contributed by atoms with E-state index in [0.29, 0.717) is 0 Å². The maximum atomic E-state index is 5.02. The molecular weight excluding hydrogens is 323 g/mol. The molecular formula is C22H23N2P. The van der Waals surface area contributed by atoms with E-state index in [-0.39, 0.29) is 0 Å². The lowest BCUT2D eigenvalue weighted by molar-refractivity contribution is 0.635. The average Bonchev–Trinajstić information content (AvgIpc) is 2.64. The molecule has 0 aliphatic heterocycles. The lowest BCUT2D eigenvalue weighted by Crippen LogP contribution is -2.28. The first-order valence-electron chi connectivity index (χ1n) is 8.38. The molecule has 0 saturated heterocycles. The molecule has 0 saturated carbocycles. The number of aliphatic imine (C=N–C) groups is 1. The van der Waals surface area contributed by atoms with Gasteiger partial charge in [0.2, 0.25) is 0 Å². The van der Waals surface area contributed by atoms with E-state index in [0.717, 1.165) is 11.3 Å². The third-order valence-electron chi connectivity index (χ3n) is 3.89. The van der Waals surface area contributed by atoms with Crippen LogP contribution < -0.4 is 10.6 Å². The normalized spacial score (nSPS) is 11.6. The van der Waals surface area contributed by atoms with Crippen molar-refractivity contribution in [2.45, 2.75) is 6.92 Å². The van der Waals surface area contributed by atoms with Gasteiger partial charge in [0.1, 0.15) is 5.58 Å². The van der Waals surface area contributed by atoms with Crippen molar-refractivity contribution < 1.29 is 0 Å². The molecule has 0 N–H and O–H groups in total. The number of hydrogen-bond acceptors (Lipinski definition) is 1. The molecule has 3 heteroatoms. The Bertz CT molecular complexity index is 785. The van der Waals surface area contributed by atoms with Crippen molar-refractivity contribution in [1.82, 2.24) is 4.90 Å². The first kappa shape index (κ1) is 17.4. The minimum atomic E-state index is -0.709. The molecule has 0 unspecified atom stereocenters. The highest BCUT2D eigenvalue weighted by atomic mass is 31.1. The van der Waals surface area contributed by atoms with Gasteiger partial charge in [0.25, 0.3) is 0 Å². The maximum absolute atomic E-state index is 5.02. The summed E-state index contributed by atoms with van der Waals surface area (Å²) in [5, 5.41) is 2.62. The second-order valence-corrected chi connectivity index (χ2v) is 8.25. The summed E-state index contributed by atoms with van der Waals surface area (Å²) >= 11 is 0. The van der Waals surface area contributed by atoms with E-state index in [2.05, 4.69) is 111 Å². The minimum Gasteiger partial charge on any atom is -0.362 e. The van der Waals surface area contributed by atoms with Gasteiger partial charge in [0, 0.05) is 22.0 Å². The summed E-state index contributed by atoms with van der Waals surface area (Å²) in [5.41, 5.74) is 3.34. The lowest BCUT2D eigenvalue weighted by Gasteiger charge is -2.26. The fourth-order valence-electron chi connectivity index (χ4n) is 2.62. The SMILES string of the molecule is Cc1ccc(N=C(N(C)C)P(c2ccccc2)c2ccccc2)cc1. The van der Waals surface area contributed by atoms with Crippen LogP contribution in [0.5, 0.6) is 0 Å². The van der Waals surface area contributed by atoms with Crippen LogP contribution in [0.1, 0.15) is 5.56 Å². The Kier molecular flexibility index (Phi) is 5.63. The molecule has 0 aliphatic carbocycles. The molecule has 3 rings (SSSR count). The Morgan fingerprint density at radius 1 is 0.720 bits per heavy atom. The molecule has 126 valence electrons. The van der Waals surface area contributed by atoms with Crippen LogP contribution in [-0.2, 0) is 0 Å². The average molecular weight is 346 g/mol. The molecule has 0 aliphatic rings. The molecule has 0 amide bonds. The molecule has 3 aromatic carbocycles. The van der Waals surface area contributed by atoms with Gasteiger partial charge < -0.3 is 4.90 Å². The zero-order valence-corrected chi connectivity index (χ0v) is 15.8. The number of benzene rings is 3. The monoisotopic (exact) mass is 346 g/mol. The van der Waals surface area contributed by atoms with Crippen LogP contribution in [-0.4, -0.2) is 24.6 Å². The van der Waals surface area contributed by atoms with Crippen LogP contribution in [0.3, 0.4) is 0 Å². The van der Waals surface area contributed by atoms with Crippen LogP contribution in [0.25, 0.3) is 0 Å². The molecule has 2 nitrogen and oxygen atoms in total. The van der Waals surface area contributed by atoms with Crippen molar-refractivity contribution in [3.63, 3.8) is 0 Å². The van der Waals surface area contributed by atoms with E-state index >= 15 is 0 Å².